The Morgan fingerprint density at radius 1 is 1.04 bits per heavy atom. The number of esters is 1. The first-order valence-corrected chi connectivity index (χ1v) is 10.4. The van der Waals surface area contributed by atoms with E-state index in [1.54, 1.807) is 6.92 Å². The first kappa shape index (κ1) is 20.3. The Kier molecular flexibility index (Phi) is 5.49. The average Bonchev–Trinajstić information content (AvgIpc) is 3.04. The molecule has 1 heterocycles. The fourth-order valence-corrected chi connectivity index (χ4v) is 4.84. The third-order valence-corrected chi connectivity index (χ3v) is 6.09. The van der Waals surface area contributed by atoms with E-state index < -0.39 is 5.60 Å². The molecule has 0 radical (unpaired) electrons. The summed E-state index contributed by atoms with van der Waals surface area (Å²) >= 11 is 1.82. The van der Waals surface area contributed by atoms with Crippen molar-refractivity contribution < 1.29 is 9.53 Å². The number of hydrogen-bond acceptors (Lipinski definition) is 3. The summed E-state index contributed by atoms with van der Waals surface area (Å²) in [5, 5.41) is 1.26. The summed E-state index contributed by atoms with van der Waals surface area (Å²) in [6.45, 7) is 13.7. The van der Waals surface area contributed by atoms with Gasteiger partial charge in [0.2, 0.25) is 0 Å². The minimum Gasteiger partial charge on any atom is -0.456 e. The molecule has 0 aliphatic carbocycles. The first-order valence-electron chi connectivity index (χ1n) is 9.56. The monoisotopic (exact) mass is 392 g/mol. The number of fused-ring (bicyclic) bond motifs is 1. The van der Waals surface area contributed by atoms with Crippen LogP contribution in [0.4, 0.5) is 0 Å². The van der Waals surface area contributed by atoms with Crippen LogP contribution in [0.1, 0.15) is 46.6 Å². The Hall–Kier alpha value is -2.39. The van der Waals surface area contributed by atoms with Crippen LogP contribution in [0.15, 0.2) is 66.7 Å². The van der Waals surface area contributed by atoms with Crippen molar-refractivity contribution in [1.82, 2.24) is 0 Å². The zero-order valence-corrected chi connectivity index (χ0v) is 18.2. The zero-order chi connectivity index (χ0) is 20.5. The van der Waals surface area contributed by atoms with Crippen LogP contribution in [-0.4, -0.2) is 11.6 Å². The van der Waals surface area contributed by atoms with Crippen LogP contribution >= 0.6 is 11.3 Å². The molecule has 2 aromatic carbocycles. The van der Waals surface area contributed by atoms with E-state index in [1.807, 2.05) is 31.3 Å². The minimum atomic E-state index is -0.570. The van der Waals surface area contributed by atoms with E-state index in [-0.39, 0.29) is 11.4 Å². The second-order valence-corrected chi connectivity index (χ2v) is 9.80. The number of hydrogen-bond donors (Lipinski definition) is 0. The lowest BCUT2D eigenvalue weighted by Gasteiger charge is -2.35. The predicted molar refractivity (Wildman–Crippen MR) is 120 cm³/mol. The van der Waals surface area contributed by atoms with Crippen molar-refractivity contribution in [3.63, 3.8) is 0 Å². The lowest BCUT2D eigenvalue weighted by Crippen LogP contribution is -2.36. The summed E-state index contributed by atoms with van der Waals surface area (Å²) in [7, 11) is 0. The van der Waals surface area contributed by atoms with Crippen molar-refractivity contribution in [1.29, 1.82) is 0 Å². The summed E-state index contributed by atoms with van der Waals surface area (Å²) in [6.07, 6.45) is 0.724. The van der Waals surface area contributed by atoms with E-state index in [0.29, 0.717) is 5.57 Å². The van der Waals surface area contributed by atoms with Crippen molar-refractivity contribution in [3.05, 3.63) is 72.3 Å². The van der Waals surface area contributed by atoms with Crippen LogP contribution in [0.25, 0.3) is 20.5 Å². The highest BCUT2D eigenvalue weighted by atomic mass is 32.1. The fourth-order valence-electron chi connectivity index (χ4n) is 3.74. The number of carbonyl (C=O) groups is 1. The summed E-state index contributed by atoms with van der Waals surface area (Å²) in [4.78, 5) is 13.3. The van der Waals surface area contributed by atoms with Crippen molar-refractivity contribution in [3.8, 4) is 10.4 Å². The average molecular weight is 393 g/mol. The molecule has 0 N–H and O–H groups in total. The van der Waals surface area contributed by atoms with Gasteiger partial charge in [0.25, 0.3) is 0 Å². The van der Waals surface area contributed by atoms with Gasteiger partial charge in [-0.15, -0.1) is 11.3 Å². The summed E-state index contributed by atoms with van der Waals surface area (Å²) in [5.41, 5.74) is 2.22. The zero-order valence-electron chi connectivity index (χ0n) is 17.3. The van der Waals surface area contributed by atoms with Gasteiger partial charge in [-0.1, -0.05) is 62.9 Å². The van der Waals surface area contributed by atoms with Gasteiger partial charge in [0.1, 0.15) is 5.60 Å². The first-order chi connectivity index (χ1) is 13.1. The van der Waals surface area contributed by atoms with Crippen LogP contribution in [0.3, 0.4) is 0 Å². The predicted octanol–water partition coefficient (Wildman–Crippen LogP) is 7.13. The molecule has 0 aliphatic heterocycles. The molecule has 3 rings (SSSR count). The molecule has 0 fully saturated rings. The third-order valence-electron chi connectivity index (χ3n) is 4.94. The molecule has 0 atom stereocenters. The quantitative estimate of drug-likeness (QED) is 0.329. The number of benzene rings is 2. The van der Waals surface area contributed by atoms with E-state index in [1.165, 1.54) is 26.1 Å². The summed E-state index contributed by atoms with van der Waals surface area (Å²) < 4.78 is 6.95. The van der Waals surface area contributed by atoms with Crippen molar-refractivity contribution in [2.75, 3.05) is 0 Å². The van der Waals surface area contributed by atoms with Crippen molar-refractivity contribution >= 4 is 27.4 Å². The van der Waals surface area contributed by atoms with Gasteiger partial charge < -0.3 is 4.74 Å². The molecule has 3 heteroatoms. The number of carbonyl (C=O) groups excluding carboxylic acids is 1. The number of rotatable bonds is 6. The van der Waals surface area contributed by atoms with Crippen LogP contribution in [-0.2, 0) is 14.9 Å². The molecule has 1 aromatic heterocycles. The SMILES string of the molecule is C=C(C)C(=O)OC(C)(C)CC(C)(C)c1ccc2cc(-c3ccccc3)sc2c1. The van der Waals surface area contributed by atoms with Gasteiger partial charge in [-0.05, 0) is 61.3 Å². The second-order valence-electron chi connectivity index (χ2n) is 8.72. The fraction of sp³-hybridized carbons (Fsp3) is 0.320. The van der Waals surface area contributed by atoms with Crippen molar-refractivity contribution in [2.45, 2.75) is 52.1 Å². The summed E-state index contributed by atoms with van der Waals surface area (Å²) in [6, 6.07) is 19.4. The van der Waals surface area contributed by atoms with E-state index >= 15 is 0 Å². The van der Waals surface area contributed by atoms with Crippen LogP contribution in [0.5, 0.6) is 0 Å². The Labute approximate surface area is 171 Å². The second kappa shape index (κ2) is 7.56. The molecule has 0 bridgehead atoms. The highest BCUT2D eigenvalue weighted by molar-refractivity contribution is 7.22. The maximum absolute atomic E-state index is 12.0. The largest absolute Gasteiger partial charge is 0.456 e. The lowest BCUT2D eigenvalue weighted by molar-refractivity contribution is -0.153. The van der Waals surface area contributed by atoms with Crippen LogP contribution in [0.2, 0.25) is 0 Å². The molecule has 0 saturated carbocycles. The Bertz CT molecular complexity index is 1010. The minimum absolute atomic E-state index is 0.135. The van der Waals surface area contributed by atoms with Gasteiger partial charge in [-0.25, -0.2) is 4.79 Å². The molecule has 28 heavy (non-hydrogen) atoms. The molecular weight excluding hydrogens is 364 g/mol. The van der Waals surface area contributed by atoms with E-state index in [4.69, 9.17) is 4.74 Å². The molecular formula is C25H28O2S. The van der Waals surface area contributed by atoms with Gasteiger partial charge >= 0.3 is 5.97 Å². The molecule has 146 valence electrons. The number of ether oxygens (including phenoxy) is 1. The van der Waals surface area contributed by atoms with Crippen LogP contribution in [0, 0.1) is 0 Å². The molecule has 3 aromatic rings. The highest BCUT2D eigenvalue weighted by Crippen LogP contribution is 2.39. The molecule has 0 amide bonds. The van der Waals surface area contributed by atoms with Gasteiger partial charge in [-0.3, -0.25) is 0 Å². The highest BCUT2D eigenvalue weighted by Gasteiger charge is 2.33. The van der Waals surface area contributed by atoms with Crippen molar-refractivity contribution in [2.24, 2.45) is 0 Å². The topological polar surface area (TPSA) is 26.3 Å². The maximum atomic E-state index is 12.0. The Balaban J connectivity index is 1.87. The van der Waals surface area contributed by atoms with Gasteiger partial charge in [0, 0.05) is 15.2 Å². The summed E-state index contributed by atoms with van der Waals surface area (Å²) in [5.74, 6) is -0.331. The Morgan fingerprint density at radius 2 is 1.71 bits per heavy atom. The molecule has 0 aliphatic rings. The molecule has 0 saturated heterocycles. The van der Waals surface area contributed by atoms with E-state index in [9.17, 15) is 4.79 Å². The lowest BCUT2D eigenvalue weighted by atomic mass is 9.76. The maximum Gasteiger partial charge on any atom is 0.333 e. The number of thiophene rings is 1. The van der Waals surface area contributed by atoms with E-state index in [0.717, 1.165) is 6.42 Å². The smallest absolute Gasteiger partial charge is 0.333 e. The normalized spacial score (nSPS) is 12.2. The van der Waals surface area contributed by atoms with Gasteiger partial charge in [0.05, 0.1) is 0 Å². The van der Waals surface area contributed by atoms with Crippen LogP contribution < -0.4 is 0 Å². The molecule has 0 unspecified atom stereocenters. The van der Waals surface area contributed by atoms with Gasteiger partial charge in [-0.2, -0.15) is 0 Å². The van der Waals surface area contributed by atoms with Gasteiger partial charge in [0.15, 0.2) is 0 Å². The Morgan fingerprint density at radius 3 is 2.36 bits per heavy atom. The standard InChI is InChI=1S/C25H28O2S/c1-17(2)23(26)27-25(5,6)16-24(3,4)20-13-12-19-14-21(28-22(19)15-20)18-10-8-7-9-11-18/h7-15H,1,16H2,2-6H3. The molecule has 0 spiro atoms. The third kappa shape index (κ3) is 4.53. The molecule has 2 nitrogen and oxygen atoms in total. The van der Waals surface area contributed by atoms with E-state index in [2.05, 4.69) is 69.0 Å².